The fourth-order valence-corrected chi connectivity index (χ4v) is 2.49. The molecule has 3 rings (SSSR count). The van der Waals surface area contributed by atoms with E-state index in [4.69, 9.17) is 9.15 Å². The third-order valence-corrected chi connectivity index (χ3v) is 3.69. The van der Waals surface area contributed by atoms with Crippen molar-refractivity contribution in [2.75, 3.05) is 0 Å². The van der Waals surface area contributed by atoms with Crippen LogP contribution in [0, 0.1) is 13.8 Å². The molecule has 4 heteroatoms. The van der Waals surface area contributed by atoms with E-state index in [1.165, 1.54) is 0 Å². The number of ether oxygens (including phenoxy) is 1. The summed E-state index contributed by atoms with van der Waals surface area (Å²) in [6, 6.07) is 18.5. The van der Waals surface area contributed by atoms with Crippen molar-refractivity contribution >= 4 is 5.91 Å². The average molecular weight is 321 g/mol. The molecular weight excluding hydrogens is 302 g/mol. The fraction of sp³-hybridized carbons (Fsp3) is 0.150. The molecule has 4 nitrogen and oxygen atoms in total. The SMILES string of the molecule is Cc1cc(CNC(=O)c2ccccc2Oc2ccccc2)c(C)o1. The lowest BCUT2D eigenvalue weighted by molar-refractivity contribution is 0.0948. The second-order valence-corrected chi connectivity index (χ2v) is 5.53. The maximum Gasteiger partial charge on any atom is 0.255 e. The number of furan rings is 1. The standard InChI is InChI=1S/C20H19NO3/c1-14-12-16(15(2)23-14)13-21-20(22)18-10-6-7-11-19(18)24-17-8-4-3-5-9-17/h3-12H,13H2,1-2H3,(H,21,22). The molecule has 122 valence electrons. The van der Waals surface area contributed by atoms with Crippen LogP contribution in [0.5, 0.6) is 11.5 Å². The van der Waals surface area contributed by atoms with Gasteiger partial charge in [0.15, 0.2) is 0 Å². The maximum atomic E-state index is 12.5. The average Bonchev–Trinajstić information content (AvgIpc) is 2.91. The van der Waals surface area contributed by atoms with Crippen molar-refractivity contribution in [3.05, 3.63) is 83.3 Å². The summed E-state index contributed by atoms with van der Waals surface area (Å²) in [6.45, 7) is 4.20. The minimum atomic E-state index is -0.181. The van der Waals surface area contributed by atoms with E-state index in [-0.39, 0.29) is 5.91 Å². The van der Waals surface area contributed by atoms with E-state index in [1.54, 1.807) is 12.1 Å². The topological polar surface area (TPSA) is 51.5 Å². The number of hydrogen-bond acceptors (Lipinski definition) is 3. The van der Waals surface area contributed by atoms with Gasteiger partial charge in [0.05, 0.1) is 5.56 Å². The van der Waals surface area contributed by atoms with E-state index in [1.807, 2.05) is 62.4 Å². The molecule has 1 N–H and O–H groups in total. The Morgan fingerprint density at radius 3 is 2.46 bits per heavy atom. The third kappa shape index (κ3) is 3.66. The second kappa shape index (κ2) is 7.04. The molecule has 2 aromatic carbocycles. The minimum absolute atomic E-state index is 0.181. The third-order valence-electron chi connectivity index (χ3n) is 3.69. The summed E-state index contributed by atoms with van der Waals surface area (Å²) in [6.07, 6.45) is 0. The Kier molecular flexibility index (Phi) is 4.66. The highest BCUT2D eigenvalue weighted by Crippen LogP contribution is 2.25. The number of carbonyl (C=O) groups excluding carboxylic acids is 1. The van der Waals surface area contributed by atoms with Crippen molar-refractivity contribution in [2.24, 2.45) is 0 Å². The van der Waals surface area contributed by atoms with Crippen molar-refractivity contribution < 1.29 is 13.9 Å². The van der Waals surface area contributed by atoms with Crippen LogP contribution in [0.4, 0.5) is 0 Å². The van der Waals surface area contributed by atoms with E-state index in [2.05, 4.69) is 5.32 Å². The first-order valence-electron chi connectivity index (χ1n) is 7.79. The molecule has 0 spiro atoms. The summed E-state index contributed by atoms with van der Waals surface area (Å²) >= 11 is 0. The summed E-state index contributed by atoms with van der Waals surface area (Å²) in [5, 5.41) is 2.92. The largest absolute Gasteiger partial charge is 0.466 e. The zero-order valence-electron chi connectivity index (χ0n) is 13.7. The number of carbonyl (C=O) groups is 1. The summed E-state index contributed by atoms with van der Waals surface area (Å²) in [4.78, 5) is 12.5. The Labute approximate surface area is 141 Å². The van der Waals surface area contributed by atoms with Gasteiger partial charge in [-0.15, -0.1) is 0 Å². The van der Waals surface area contributed by atoms with Crippen LogP contribution >= 0.6 is 0 Å². The quantitative estimate of drug-likeness (QED) is 0.746. The number of benzene rings is 2. The van der Waals surface area contributed by atoms with Gasteiger partial charge in [-0.1, -0.05) is 30.3 Å². The van der Waals surface area contributed by atoms with Crippen LogP contribution in [0.2, 0.25) is 0 Å². The Hall–Kier alpha value is -3.01. The molecule has 1 heterocycles. The highest BCUT2D eigenvalue weighted by Gasteiger charge is 2.13. The van der Waals surface area contributed by atoms with Gasteiger partial charge in [0.2, 0.25) is 0 Å². The number of hydrogen-bond donors (Lipinski definition) is 1. The molecule has 0 aliphatic carbocycles. The minimum Gasteiger partial charge on any atom is -0.466 e. The van der Waals surface area contributed by atoms with Crippen LogP contribution in [-0.2, 0) is 6.54 Å². The molecule has 0 saturated heterocycles. The van der Waals surface area contributed by atoms with Crippen molar-refractivity contribution in [2.45, 2.75) is 20.4 Å². The number of para-hydroxylation sites is 2. The van der Waals surface area contributed by atoms with Crippen LogP contribution in [0.3, 0.4) is 0 Å². The van der Waals surface area contributed by atoms with Gasteiger partial charge < -0.3 is 14.5 Å². The zero-order valence-corrected chi connectivity index (χ0v) is 13.7. The van der Waals surface area contributed by atoms with Crippen LogP contribution in [0.25, 0.3) is 0 Å². The molecule has 0 saturated carbocycles. The molecule has 1 amide bonds. The molecule has 0 radical (unpaired) electrons. The van der Waals surface area contributed by atoms with E-state index in [9.17, 15) is 4.79 Å². The Morgan fingerprint density at radius 1 is 1.04 bits per heavy atom. The van der Waals surface area contributed by atoms with Gasteiger partial charge in [-0.25, -0.2) is 0 Å². The lowest BCUT2D eigenvalue weighted by atomic mass is 10.1. The Morgan fingerprint density at radius 2 is 1.75 bits per heavy atom. The van der Waals surface area contributed by atoms with Gasteiger partial charge in [0, 0.05) is 12.1 Å². The van der Waals surface area contributed by atoms with Crippen LogP contribution in [-0.4, -0.2) is 5.91 Å². The molecule has 1 aromatic heterocycles. The van der Waals surface area contributed by atoms with Gasteiger partial charge in [-0.2, -0.15) is 0 Å². The fourth-order valence-electron chi connectivity index (χ4n) is 2.49. The molecule has 0 bridgehead atoms. The van der Waals surface area contributed by atoms with Gasteiger partial charge in [0.1, 0.15) is 23.0 Å². The van der Waals surface area contributed by atoms with Crippen LogP contribution in [0.15, 0.2) is 65.1 Å². The van der Waals surface area contributed by atoms with Crippen molar-refractivity contribution in [1.82, 2.24) is 5.32 Å². The molecule has 24 heavy (non-hydrogen) atoms. The van der Waals surface area contributed by atoms with Crippen molar-refractivity contribution in [1.29, 1.82) is 0 Å². The smallest absolute Gasteiger partial charge is 0.255 e. The summed E-state index contributed by atoms with van der Waals surface area (Å²) in [7, 11) is 0. The van der Waals surface area contributed by atoms with Gasteiger partial charge in [-0.05, 0) is 44.2 Å². The lowest BCUT2D eigenvalue weighted by Crippen LogP contribution is -2.23. The molecule has 0 atom stereocenters. The summed E-state index contributed by atoms with van der Waals surface area (Å²) < 4.78 is 11.3. The zero-order chi connectivity index (χ0) is 16.9. The summed E-state index contributed by atoms with van der Waals surface area (Å²) in [5.41, 5.74) is 1.47. The first-order valence-corrected chi connectivity index (χ1v) is 7.79. The first kappa shape index (κ1) is 15.9. The van der Waals surface area contributed by atoms with E-state index < -0.39 is 0 Å². The van der Waals surface area contributed by atoms with E-state index >= 15 is 0 Å². The van der Waals surface area contributed by atoms with Crippen molar-refractivity contribution in [3.63, 3.8) is 0 Å². The number of nitrogens with one attached hydrogen (secondary N) is 1. The highest BCUT2D eigenvalue weighted by atomic mass is 16.5. The summed E-state index contributed by atoms with van der Waals surface area (Å²) in [5.74, 6) is 2.70. The number of rotatable bonds is 5. The molecule has 0 fully saturated rings. The van der Waals surface area contributed by atoms with E-state index in [0.717, 1.165) is 17.1 Å². The molecule has 3 aromatic rings. The van der Waals surface area contributed by atoms with Gasteiger partial charge in [0.25, 0.3) is 5.91 Å². The molecule has 0 aliphatic rings. The molecular formula is C20H19NO3. The highest BCUT2D eigenvalue weighted by molar-refractivity contribution is 5.97. The predicted octanol–water partition coefficient (Wildman–Crippen LogP) is 4.62. The van der Waals surface area contributed by atoms with Crippen LogP contribution in [0.1, 0.15) is 27.4 Å². The van der Waals surface area contributed by atoms with Crippen LogP contribution < -0.4 is 10.1 Å². The maximum absolute atomic E-state index is 12.5. The Balaban J connectivity index is 1.74. The van der Waals surface area contributed by atoms with Gasteiger partial charge >= 0.3 is 0 Å². The molecule has 0 unspecified atom stereocenters. The predicted molar refractivity (Wildman–Crippen MR) is 92.3 cm³/mol. The van der Waals surface area contributed by atoms with E-state index in [0.29, 0.717) is 23.6 Å². The lowest BCUT2D eigenvalue weighted by Gasteiger charge is -2.11. The molecule has 0 aliphatic heterocycles. The van der Waals surface area contributed by atoms with Gasteiger partial charge in [-0.3, -0.25) is 4.79 Å². The monoisotopic (exact) mass is 321 g/mol. The second-order valence-electron chi connectivity index (χ2n) is 5.53. The number of aryl methyl sites for hydroxylation is 2. The first-order chi connectivity index (χ1) is 11.6. The normalized spacial score (nSPS) is 10.4. The Bertz CT molecular complexity index is 837. The number of amides is 1. The van der Waals surface area contributed by atoms with Crippen molar-refractivity contribution in [3.8, 4) is 11.5 Å².